The third kappa shape index (κ3) is 5.56. The zero-order valence-electron chi connectivity index (χ0n) is 18.8. The summed E-state index contributed by atoms with van der Waals surface area (Å²) in [5.41, 5.74) is 0.322. The smallest absolute Gasteiger partial charge is 0.303 e. The first-order chi connectivity index (χ1) is 17.2. The summed E-state index contributed by atoms with van der Waals surface area (Å²) in [6.07, 6.45) is -1.55. The maximum Gasteiger partial charge on any atom is 0.303 e. The van der Waals surface area contributed by atoms with Crippen LogP contribution in [-0.4, -0.2) is 42.4 Å². The number of hydrogen-bond donors (Lipinski definition) is 2. The summed E-state index contributed by atoms with van der Waals surface area (Å²) in [7, 11) is -4.19. The van der Waals surface area contributed by atoms with Gasteiger partial charge in [-0.05, 0) is 73.5 Å². The summed E-state index contributed by atoms with van der Waals surface area (Å²) in [4.78, 5) is 37.6. The summed E-state index contributed by atoms with van der Waals surface area (Å²) in [5, 5.41) is 9.54. The Bertz CT molecular complexity index is 1370. The van der Waals surface area contributed by atoms with Crippen molar-refractivity contribution in [3.63, 3.8) is 0 Å². The van der Waals surface area contributed by atoms with Crippen molar-refractivity contribution in [3.8, 4) is 11.5 Å². The topological polar surface area (TPSA) is 130 Å². The van der Waals surface area contributed by atoms with E-state index in [1.165, 1.54) is 36.4 Å². The number of amides is 2. The molecule has 2 amide bonds. The number of nitrogens with zero attached hydrogens (tertiary/aromatic N) is 1. The van der Waals surface area contributed by atoms with Gasteiger partial charge in [0.1, 0.15) is 17.7 Å². The Hall–Kier alpha value is -3.73. The molecule has 1 unspecified atom stereocenters. The van der Waals surface area contributed by atoms with Crippen LogP contribution in [0.25, 0.3) is 0 Å². The van der Waals surface area contributed by atoms with Gasteiger partial charge in [0.2, 0.25) is 10.0 Å². The maximum absolute atomic E-state index is 13.2. The molecule has 0 saturated carbocycles. The molecule has 1 aliphatic rings. The molecule has 0 aromatic heterocycles. The van der Waals surface area contributed by atoms with E-state index >= 15 is 0 Å². The van der Waals surface area contributed by atoms with Crippen LogP contribution in [0.5, 0.6) is 11.5 Å². The van der Waals surface area contributed by atoms with Crippen molar-refractivity contribution in [2.24, 2.45) is 0 Å². The van der Waals surface area contributed by atoms with E-state index in [-0.39, 0.29) is 35.3 Å². The normalized spacial score (nSPS) is 14.0. The van der Waals surface area contributed by atoms with Gasteiger partial charge in [0.15, 0.2) is 0 Å². The molecular weight excluding hydrogens is 508 g/mol. The van der Waals surface area contributed by atoms with Crippen LogP contribution in [0.15, 0.2) is 77.7 Å². The highest BCUT2D eigenvalue weighted by Gasteiger charge is 2.41. The van der Waals surface area contributed by atoms with Crippen molar-refractivity contribution < 1.29 is 32.6 Å². The molecule has 36 heavy (non-hydrogen) atoms. The standard InChI is InChI=1S/C25H21ClN2O7S/c26-16-8-10-17(11-9-16)35-18-12-14-19(15-13-18)36(33,34)27-22(6-3-7-23(29)30)28-24(31)20-4-1-2-5-21(20)25(28)32/h1-2,4-5,8-15,22,27H,3,6-7H2,(H,29,30). The molecule has 1 aliphatic heterocycles. The van der Waals surface area contributed by atoms with Gasteiger partial charge in [0.05, 0.1) is 16.0 Å². The summed E-state index contributed by atoms with van der Waals surface area (Å²) in [5.74, 6) is -1.47. The van der Waals surface area contributed by atoms with Crippen molar-refractivity contribution in [1.82, 2.24) is 9.62 Å². The molecule has 186 valence electrons. The first-order valence-electron chi connectivity index (χ1n) is 10.9. The molecule has 9 nitrogen and oxygen atoms in total. The van der Waals surface area contributed by atoms with Crippen molar-refractivity contribution in [2.75, 3.05) is 0 Å². The first-order valence-corrected chi connectivity index (χ1v) is 12.8. The summed E-state index contributed by atoms with van der Waals surface area (Å²) in [6.45, 7) is 0. The quantitative estimate of drug-likeness (QED) is 0.375. The van der Waals surface area contributed by atoms with E-state index in [0.717, 1.165) is 4.90 Å². The molecule has 3 aromatic carbocycles. The lowest BCUT2D eigenvalue weighted by atomic mass is 10.1. The largest absolute Gasteiger partial charge is 0.481 e. The minimum atomic E-state index is -4.19. The Balaban J connectivity index is 1.55. The fourth-order valence-corrected chi connectivity index (χ4v) is 5.09. The van der Waals surface area contributed by atoms with E-state index in [0.29, 0.717) is 16.5 Å². The van der Waals surface area contributed by atoms with Gasteiger partial charge in [-0.25, -0.2) is 8.42 Å². The van der Waals surface area contributed by atoms with Crippen LogP contribution in [0, 0.1) is 0 Å². The number of halogens is 1. The zero-order valence-corrected chi connectivity index (χ0v) is 20.3. The minimum Gasteiger partial charge on any atom is -0.481 e. The number of benzene rings is 3. The Morgan fingerprint density at radius 3 is 1.97 bits per heavy atom. The maximum atomic E-state index is 13.2. The molecule has 0 spiro atoms. The number of hydrogen-bond acceptors (Lipinski definition) is 6. The Kier molecular flexibility index (Phi) is 7.39. The number of rotatable bonds is 10. The van der Waals surface area contributed by atoms with Gasteiger partial charge in [0.25, 0.3) is 11.8 Å². The number of carbonyl (C=O) groups is 3. The van der Waals surface area contributed by atoms with Crippen LogP contribution in [0.3, 0.4) is 0 Å². The van der Waals surface area contributed by atoms with Crippen LogP contribution in [0.2, 0.25) is 5.02 Å². The third-order valence-electron chi connectivity index (χ3n) is 5.48. The molecular formula is C25H21ClN2O7S. The number of imide groups is 1. The van der Waals surface area contributed by atoms with E-state index in [9.17, 15) is 22.8 Å². The van der Waals surface area contributed by atoms with E-state index < -0.39 is 34.0 Å². The van der Waals surface area contributed by atoms with Crippen LogP contribution in [0.4, 0.5) is 0 Å². The minimum absolute atomic E-state index is 0.0454. The average molecular weight is 529 g/mol. The molecule has 1 heterocycles. The SMILES string of the molecule is O=C(O)CCCC(NS(=O)(=O)c1ccc(Oc2ccc(Cl)cc2)cc1)N1C(=O)c2ccccc2C1=O. The fraction of sp³-hybridized carbons (Fsp3) is 0.160. The highest BCUT2D eigenvalue weighted by molar-refractivity contribution is 7.89. The second-order valence-electron chi connectivity index (χ2n) is 7.98. The lowest BCUT2D eigenvalue weighted by Crippen LogP contribution is -2.50. The molecule has 2 N–H and O–H groups in total. The number of carboxylic acids is 1. The second kappa shape index (κ2) is 10.5. The number of aliphatic carboxylic acids is 1. The highest BCUT2D eigenvalue weighted by Crippen LogP contribution is 2.28. The van der Waals surface area contributed by atoms with Gasteiger partial charge in [-0.15, -0.1) is 0 Å². The van der Waals surface area contributed by atoms with Gasteiger partial charge in [-0.2, -0.15) is 4.72 Å². The van der Waals surface area contributed by atoms with Gasteiger partial charge in [0, 0.05) is 11.4 Å². The molecule has 11 heteroatoms. The highest BCUT2D eigenvalue weighted by atomic mass is 35.5. The molecule has 0 bridgehead atoms. The number of ether oxygens (including phenoxy) is 1. The molecule has 1 atom stereocenters. The number of carbonyl (C=O) groups excluding carboxylic acids is 2. The molecule has 3 aromatic rings. The second-order valence-corrected chi connectivity index (χ2v) is 10.1. The zero-order chi connectivity index (χ0) is 25.9. The summed E-state index contributed by atoms with van der Waals surface area (Å²) in [6, 6.07) is 18.4. The fourth-order valence-electron chi connectivity index (χ4n) is 3.75. The number of sulfonamides is 1. The lowest BCUT2D eigenvalue weighted by Gasteiger charge is -2.27. The molecule has 0 radical (unpaired) electrons. The van der Waals surface area contributed by atoms with E-state index in [2.05, 4.69) is 4.72 Å². The van der Waals surface area contributed by atoms with E-state index in [4.69, 9.17) is 21.4 Å². The lowest BCUT2D eigenvalue weighted by molar-refractivity contribution is -0.137. The van der Waals surface area contributed by atoms with Gasteiger partial charge in [-0.1, -0.05) is 23.7 Å². The van der Waals surface area contributed by atoms with Crippen molar-refractivity contribution in [2.45, 2.75) is 30.3 Å². The number of carboxylic acid groups (broad SMARTS) is 1. The van der Waals surface area contributed by atoms with Crippen LogP contribution >= 0.6 is 11.6 Å². The Morgan fingerprint density at radius 2 is 1.44 bits per heavy atom. The molecule has 4 rings (SSSR count). The predicted octanol–water partition coefficient (Wildman–Crippen LogP) is 4.29. The monoisotopic (exact) mass is 528 g/mol. The van der Waals surface area contributed by atoms with Crippen LogP contribution in [0.1, 0.15) is 40.0 Å². The van der Waals surface area contributed by atoms with Crippen molar-refractivity contribution >= 4 is 39.4 Å². The van der Waals surface area contributed by atoms with Gasteiger partial charge in [-0.3, -0.25) is 19.3 Å². The summed E-state index contributed by atoms with van der Waals surface area (Å²) < 4.78 is 34.4. The Morgan fingerprint density at radius 1 is 0.917 bits per heavy atom. The Labute approximate surface area is 212 Å². The van der Waals surface area contributed by atoms with E-state index in [1.54, 1.807) is 36.4 Å². The number of fused-ring (bicyclic) bond motifs is 1. The average Bonchev–Trinajstić information content (AvgIpc) is 3.10. The first kappa shape index (κ1) is 25.4. The predicted molar refractivity (Wildman–Crippen MR) is 131 cm³/mol. The summed E-state index contributed by atoms with van der Waals surface area (Å²) >= 11 is 5.86. The van der Waals surface area contributed by atoms with E-state index in [1.807, 2.05) is 0 Å². The molecule has 0 fully saturated rings. The third-order valence-corrected chi connectivity index (χ3v) is 7.21. The van der Waals surface area contributed by atoms with Crippen molar-refractivity contribution in [1.29, 1.82) is 0 Å². The molecule has 0 saturated heterocycles. The van der Waals surface area contributed by atoms with Gasteiger partial charge >= 0.3 is 5.97 Å². The molecule has 0 aliphatic carbocycles. The van der Waals surface area contributed by atoms with Crippen molar-refractivity contribution in [3.05, 3.63) is 88.9 Å². The van der Waals surface area contributed by atoms with Gasteiger partial charge < -0.3 is 9.84 Å². The van der Waals surface area contributed by atoms with Crippen LogP contribution < -0.4 is 9.46 Å². The number of nitrogens with one attached hydrogen (secondary N) is 1. The van der Waals surface area contributed by atoms with Crippen LogP contribution in [-0.2, 0) is 14.8 Å².